The number of carbonyl (C=O) groups is 1. The second-order valence-corrected chi connectivity index (χ2v) is 13.8. The summed E-state index contributed by atoms with van der Waals surface area (Å²) >= 11 is 0. The van der Waals surface area contributed by atoms with Gasteiger partial charge >= 0.3 is 0 Å². The van der Waals surface area contributed by atoms with Gasteiger partial charge in [-0.3, -0.25) is 9.35 Å². The maximum absolute atomic E-state index is 12.5. The molecule has 0 spiro atoms. The molecule has 0 aliphatic carbocycles. The Morgan fingerprint density at radius 3 is 1.61 bits per heavy atom. The normalized spacial score (nSPS) is 14.8. The van der Waals surface area contributed by atoms with Crippen molar-refractivity contribution >= 4 is 16.0 Å². The van der Waals surface area contributed by atoms with Crippen molar-refractivity contribution in [2.45, 2.75) is 167 Å². The van der Waals surface area contributed by atoms with Crippen molar-refractivity contribution in [3.8, 4) is 0 Å². The number of carbonyl (C=O) groups excluding carboxylic acids is 1. The zero-order chi connectivity index (χ0) is 34.1. The van der Waals surface area contributed by atoms with Gasteiger partial charge in [-0.2, -0.15) is 8.42 Å². The zero-order valence-electron chi connectivity index (χ0n) is 29.0. The molecule has 266 valence electrons. The molecule has 0 rings (SSSR count). The molecule has 3 atom stereocenters. The molecule has 0 aliphatic rings. The Labute approximate surface area is 282 Å². The molecular weight excluding hydrogens is 598 g/mol. The van der Waals surface area contributed by atoms with Gasteiger partial charge in [0.1, 0.15) is 6.10 Å². The lowest BCUT2D eigenvalue weighted by Crippen LogP contribution is -2.50. The van der Waals surface area contributed by atoms with E-state index >= 15 is 0 Å². The van der Waals surface area contributed by atoms with E-state index in [0.717, 1.165) is 64.2 Å². The van der Waals surface area contributed by atoms with Crippen molar-refractivity contribution in [2.75, 3.05) is 5.75 Å². The predicted molar refractivity (Wildman–Crippen MR) is 194 cm³/mol. The summed E-state index contributed by atoms with van der Waals surface area (Å²) in [5, 5.41) is 23.2. The van der Waals surface area contributed by atoms with Crippen LogP contribution >= 0.6 is 0 Å². The molecular formula is C38H67NO6S. The summed E-state index contributed by atoms with van der Waals surface area (Å²) in [5.74, 6) is -1.59. The second kappa shape index (κ2) is 31.6. The molecule has 0 aromatic carbocycles. The highest BCUT2D eigenvalue weighted by molar-refractivity contribution is 7.85. The number of aliphatic hydroxyl groups is 2. The molecule has 0 aromatic heterocycles. The smallest absolute Gasteiger partial charge is 0.267 e. The SMILES string of the molecule is CCCCC/C=C\C=C/CCCCCCCC(O)C(=O)NC(CS(=O)(=O)O)C(O)/C=C/CC/C=C/CC/C=C/CCCCCCC. The first-order valence-corrected chi connectivity index (χ1v) is 19.7. The number of unbranched alkanes of at least 4 members (excludes halogenated alkanes) is 15. The van der Waals surface area contributed by atoms with Crippen molar-refractivity contribution in [3.05, 3.63) is 60.8 Å². The number of nitrogens with one attached hydrogen (secondary N) is 1. The summed E-state index contributed by atoms with van der Waals surface area (Å²) in [6.07, 6.45) is 39.8. The van der Waals surface area contributed by atoms with E-state index in [4.69, 9.17) is 0 Å². The Balaban J connectivity index is 4.27. The molecule has 3 unspecified atom stereocenters. The number of hydrogen-bond acceptors (Lipinski definition) is 5. The van der Waals surface area contributed by atoms with Crippen molar-refractivity contribution in [2.24, 2.45) is 0 Å². The van der Waals surface area contributed by atoms with Crippen LogP contribution in [0, 0.1) is 0 Å². The number of hydrogen-bond donors (Lipinski definition) is 4. The Kier molecular flexibility index (Phi) is 30.2. The zero-order valence-corrected chi connectivity index (χ0v) is 29.9. The Morgan fingerprint density at radius 1 is 0.609 bits per heavy atom. The molecule has 8 heteroatoms. The van der Waals surface area contributed by atoms with Gasteiger partial charge in [0, 0.05) is 0 Å². The molecule has 0 saturated carbocycles. The third-order valence-electron chi connectivity index (χ3n) is 7.78. The van der Waals surface area contributed by atoms with E-state index < -0.39 is 40.0 Å². The van der Waals surface area contributed by atoms with Gasteiger partial charge in [0.05, 0.1) is 17.9 Å². The Bertz CT molecular complexity index is 970. The Morgan fingerprint density at radius 2 is 1.04 bits per heavy atom. The minimum Gasteiger partial charge on any atom is -0.387 e. The van der Waals surface area contributed by atoms with Gasteiger partial charge in [-0.15, -0.1) is 0 Å². The van der Waals surface area contributed by atoms with Crippen LogP contribution in [-0.4, -0.2) is 53.1 Å². The van der Waals surface area contributed by atoms with E-state index in [1.807, 2.05) is 0 Å². The molecule has 0 saturated heterocycles. The second-order valence-electron chi connectivity index (χ2n) is 12.3. The summed E-state index contributed by atoms with van der Waals surface area (Å²) in [5.41, 5.74) is 0. The molecule has 1 amide bonds. The summed E-state index contributed by atoms with van der Waals surface area (Å²) in [4.78, 5) is 12.5. The van der Waals surface area contributed by atoms with Crippen LogP contribution in [0.2, 0.25) is 0 Å². The summed E-state index contributed by atoms with van der Waals surface area (Å²) in [6.45, 7) is 4.43. The van der Waals surface area contributed by atoms with E-state index in [2.05, 4.69) is 67.8 Å². The van der Waals surface area contributed by atoms with Gasteiger partial charge in [0.25, 0.3) is 10.1 Å². The third kappa shape index (κ3) is 30.6. The molecule has 4 N–H and O–H groups in total. The lowest BCUT2D eigenvalue weighted by molar-refractivity contribution is -0.130. The topological polar surface area (TPSA) is 124 Å². The van der Waals surface area contributed by atoms with E-state index in [0.29, 0.717) is 12.8 Å². The van der Waals surface area contributed by atoms with Crippen LogP contribution in [0.4, 0.5) is 0 Å². The van der Waals surface area contributed by atoms with Gasteiger partial charge in [-0.25, -0.2) is 0 Å². The standard InChI is InChI=1S/C38H67NO6S/c1-3-5-7-9-11-13-15-17-19-21-22-24-26-28-30-32-36(40)35(34-46(43,44)45)39-38(42)37(41)33-31-29-27-25-23-20-18-16-14-12-10-8-6-4-2/h12,14-18,22,24,30,32,35-37,40-41H,3-11,13,19-21,23,25-29,31,33-34H2,1-2H3,(H,39,42)(H,43,44,45)/b14-12-,17-15+,18-16-,24-22+,32-30+. The highest BCUT2D eigenvalue weighted by atomic mass is 32.2. The minimum atomic E-state index is -4.46. The summed E-state index contributed by atoms with van der Waals surface area (Å²) in [7, 11) is -4.46. The van der Waals surface area contributed by atoms with Crippen LogP contribution < -0.4 is 5.32 Å². The average Bonchev–Trinajstić information content (AvgIpc) is 3.01. The lowest BCUT2D eigenvalue weighted by Gasteiger charge is -2.22. The molecule has 0 bridgehead atoms. The van der Waals surface area contributed by atoms with E-state index in [1.165, 1.54) is 57.4 Å². The largest absolute Gasteiger partial charge is 0.387 e. The maximum Gasteiger partial charge on any atom is 0.267 e. The fourth-order valence-electron chi connectivity index (χ4n) is 4.95. The van der Waals surface area contributed by atoms with E-state index in [-0.39, 0.29) is 6.42 Å². The fourth-order valence-corrected chi connectivity index (χ4v) is 5.68. The summed E-state index contributed by atoms with van der Waals surface area (Å²) < 4.78 is 32.4. The first kappa shape index (κ1) is 44.0. The van der Waals surface area contributed by atoms with Crippen molar-refractivity contribution in [1.82, 2.24) is 5.32 Å². The van der Waals surface area contributed by atoms with Gasteiger partial charge in [-0.1, -0.05) is 139 Å². The Hall–Kier alpha value is -2.00. The van der Waals surface area contributed by atoms with Gasteiger partial charge in [0.2, 0.25) is 5.91 Å². The lowest BCUT2D eigenvalue weighted by atomic mass is 10.1. The first-order chi connectivity index (χ1) is 22.2. The van der Waals surface area contributed by atoms with E-state index in [1.54, 1.807) is 6.08 Å². The molecule has 0 aliphatic heterocycles. The number of allylic oxidation sites excluding steroid dienone is 9. The molecule has 0 radical (unpaired) electrons. The summed E-state index contributed by atoms with van der Waals surface area (Å²) in [6, 6.07) is -1.26. The predicted octanol–water partition coefficient (Wildman–Crippen LogP) is 9.09. The number of aliphatic hydroxyl groups excluding tert-OH is 2. The van der Waals surface area contributed by atoms with Crippen molar-refractivity contribution < 1.29 is 28.0 Å². The maximum atomic E-state index is 12.5. The van der Waals surface area contributed by atoms with Gasteiger partial charge < -0.3 is 15.5 Å². The number of amides is 1. The molecule has 0 heterocycles. The van der Waals surface area contributed by atoms with Gasteiger partial charge in [0.15, 0.2) is 0 Å². The van der Waals surface area contributed by atoms with Crippen LogP contribution in [-0.2, 0) is 14.9 Å². The van der Waals surface area contributed by atoms with Crippen LogP contribution in [0.15, 0.2) is 60.8 Å². The van der Waals surface area contributed by atoms with Crippen LogP contribution in [0.25, 0.3) is 0 Å². The monoisotopic (exact) mass is 665 g/mol. The highest BCUT2D eigenvalue weighted by Gasteiger charge is 2.27. The van der Waals surface area contributed by atoms with Crippen LogP contribution in [0.1, 0.15) is 149 Å². The highest BCUT2D eigenvalue weighted by Crippen LogP contribution is 2.11. The quantitative estimate of drug-likeness (QED) is 0.0253. The van der Waals surface area contributed by atoms with Crippen LogP contribution in [0.3, 0.4) is 0 Å². The molecule has 0 fully saturated rings. The fraction of sp³-hybridized carbons (Fsp3) is 0.711. The van der Waals surface area contributed by atoms with Crippen LogP contribution in [0.5, 0.6) is 0 Å². The van der Waals surface area contributed by atoms with Gasteiger partial charge in [-0.05, 0) is 70.6 Å². The van der Waals surface area contributed by atoms with Crippen molar-refractivity contribution in [1.29, 1.82) is 0 Å². The van der Waals surface area contributed by atoms with E-state index in [9.17, 15) is 28.0 Å². The average molecular weight is 666 g/mol. The first-order valence-electron chi connectivity index (χ1n) is 18.1. The molecule has 7 nitrogen and oxygen atoms in total. The number of rotatable bonds is 31. The third-order valence-corrected chi connectivity index (χ3v) is 8.56. The minimum absolute atomic E-state index is 0.250. The molecule has 46 heavy (non-hydrogen) atoms. The van der Waals surface area contributed by atoms with Crippen molar-refractivity contribution in [3.63, 3.8) is 0 Å². The molecule has 0 aromatic rings.